The summed E-state index contributed by atoms with van der Waals surface area (Å²) in [5, 5.41) is 2.50. The summed E-state index contributed by atoms with van der Waals surface area (Å²) in [7, 11) is -2.77. The number of halogens is 4. The van der Waals surface area contributed by atoms with Crippen LogP contribution in [0.4, 0.5) is 18.9 Å². The zero-order chi connectivity index (χ0) is 28.8. The van der Waals surface area contributed by atoms with Gasteiger partial charge in [0.05, 0.1) is 29.6 Å². The SMILES string of the molecule is CC[C@@H](C)NC(=O)[C@H](C)N(Cc1ccc(OC)cc1)C(=O)CN(c1cc(C(F)(F)F)ccc1Cl)S(C)(=O)=O. The minimum Gasteiger partial charge on any atom is -0.497 e. The first kappa shape index (κ1) is 31.2. The zero-order valence-corrected chi connectivity index (χ0v) is 23.2. The van der Waals surface area contributed by atoms with Gasteiger partial charge in [-0.3, -0.25) is 13.9 Å². The maximum Gasteiger partial charge on any atom is 0.416 e. The number of nitrogens with one attached hydrogen (secondary N) is 1. The quantitative estimate of drug-likeness (QED) is 0.425. The molecule has 0 spiro atoms. The molecular formula is C25H31ClF3N3O5S. The van der Waals surface area contributed by atoms with Crippen LogP contribution in [0.5, 0.6) is 5.75 Å². The van der Waals surface area contributed by atoms with Gasteiger partial charge in [0.15, 0.2) is 0 Å². The number of carbonyl (C=O) groups is 2. The molecule has 0 fully saturated rings. The first-order valence-electron chi connectivity index (χ1n) is 11.7. The van der Waals surface area contributed by atoms with Gasteiger partial charge >= 0.3 is 6.18 Å². The molecule has 13 heteroatoms. The van der Waals surface area contributed by atoms with Crippen LogP contribution in [0.25, 0.3) is 0 Å². The van der Waals surface area contributed by atoms with Crippen molar-refractivity contribution in [3.8, 4) is 5.75 Å². The Kier molecular flexibility index (Phi) is 10.4. The van der Waals surface area contributed by atoms with Gasteiger partial charge < -0.3 is 15.0 Å². The predicted octanol–water partition coefficient (Wildman–Crippen LogP) is 4.47. The van der Waals surface area contributed by atoms with Crippen molar-refractivity contribution in [1.82, 2.24) is 10.2 Å². The zero-order valence-electron chi connectivity index (χ0n) is 21.7. The number of alkyl halides is 3. The molecule has 210 valence electrons. The summed E-state index contributed by atoms with van der Waals surface area (Å²) in [5.74, 6) is -0.715. The standard InChI is InChI=1S/C25H31ClF3N3O5S/c1-6-16(2)30-24(34)17(3)31(14-18-7-10-20(37-4)11-8-18)23(33)15-32(38(5,35)36)22-13-19(25(27,28)29)9-12-21(22)26/h7-13,16-17H,6,14-15H2,1-5H3,(H,30,34)/t16-,17+/m1/s1. The van der Waals surface area contributed by atoms with Crippen molar-refractivity contribution in [2.75, 3.05) is 24.2 Å². The second kappa shape index (κ2) is 12.7. The number of benzene rings is 2. The number of sulfonamides is 1. The van der Waals surface area contributed by atoms with E-state index in [1.165, 1.54) is 18.9 Å². The maximum atomic E-state index is 13.5. The van der Waals surface area contributed by atoms with E-state index in [9.17, 15) is 31.2 Å². The Bertz CT molecular complexity index is 1240. The molecule has 0 unspecified atom stereocenters. The number of ether oxygens (including phenoxy) is 1. The topological polar surface area (TPSA) is 96.0 Å². The normalized spacial score (nSPS) is 13.4. The fourth-order valence-electron chi connectivity index (χ4n) is 3.45. The highest BCUT2D eigenvalue weighted by atomic mass is 35.5. The Morgan fingerprint density at radius 1 is 1.11 bits per heavy atom. The van der Waals surface area contributed by atoms with Crippen LogP contribution in [-0.4, -0.2) is 57.1 Å². The lowest BCUT2D eigenvalue weighted by molar-refractivity contribution is -0.139. The van der Waals surface area contributed by atoms with Gasteiger partial charge in [0.2, 0.25) is 21.8 Å². The van der Waals surface area contributed by atoms with E-state index >= 15 is 0 Å². The number of amides is 2. The van der Waals surface area contributed by atoms with Gasteiger partial charge in [-0.15, -0.1) is 0 Å². The molecule has 0 aliphatic rings. The predicted molar refractivity (Wildman–Crippen MR) is 140 cm³/mol. The number of carbonyl (C=O) groups excluding carboxylic acids is 2. The molecule has 0 saturated heterocycles. The van der Waals surface area contributed by atoms with Crippen molar-refractivity contribution >= 4 is 39.1 Å². The smallest absolute Gasteiger partial charge is 0.416 e. The van der Waals surface area contributed by atoms with Crippen LogP contribution in [0.2, 0.25) is 5.02 Å². The summed E-state index contributed by atoms with van der Waals surface area (Å²) in [4.78, 5) is 27.6. The molecule has 0 aliphatic carbocycles. The molecule has 0 bridgehead atoms. The van der Waals surface area contributed by atoms with Crippen LogP contribution in [-0.2, 0) is 32.3 Å². The maximum absolute atomic E-state index is 13.5. The summed E-state index contributed by atoms with van der Waals surface area (Å²) in [5.41, 5.74) is -1.02. The van der Waals surface area contributed by atoms with E-state index in [1.54, 1.807) is 31.2 Å². The van der Waals surface area contributed by atoms with Crippen LogP contribution in [0.15, 0.2) is 42.5 Å². The molecule has 2 amide bonds. The van der Waals surface area contributed by atoms with Gasteiger partial charge in [0.1, 0.15) is 18.3 Å². The second-order valence-electron chi connectivity index (χ2n) is 8.80. The molecule has 0 heterocycles. The summed E-state index contributed by atoms with van der Waals surface area (Å²) < 4.78 is 70.9. The molecular weight excluding hydrogens is 547 g/mol. The lowest BCUT2D eigenvalue weighted by Gasteiger charge is -2.32. The van der Waals surface area contributed by atoms with E-state index in [1.807, 2.05) is 6.92 Å². The summed E-state index contributed by atoms with van der Waals surface area (Å²) >= 11 is 6.08. The fourth-order valence-corrected chi connectivity index (χ4v) is 4.57. The molecule has 0 aromatic heterocycles. The lowest BCUT2D eigenvalue weighted by atomic mass is 10.1. The molecule has 2 aromatic rings. The minimum absolute atomic E-state index is 0.0775. The van der Waals surface area contributed by atoms with Crippen molar-refractivity contribution in [3.05, 3.63) is 58.6 Å². The first-order chi connectivity index (χ1) is 17.6. The van der Waals surface area contributed by atoms with Gasteiger partial charge in [-0.2, -0.15) is 13.2 Å². The number of hydrogen-bond donors (Lipinski definition) is 1. The third kappa shape index (κ3) is 8.26. The highest BCUT2D eigenvalue weighted by Gasteiger charge is 2.34. The third-order valence-corrected chi connectivity index (χ3v) is 7.35. The van der Waals surface area contributed by atoms with Gasteiger partial charge in [-0.25, -0.2) is 8.42 Å². The van der Waals surface area contributed by atoms with E-state index in [0.717, 1.165) is 12.3 Å². The molecule has 8 nitrogen and oxygen atoms in total. The van der Waals surface area contributed by atoms with Crippen LogP contribution < -0.4 is 14.4 Å². The Morgan fingerprint density at radius 3 is 2.21 bits per heavy atom. The fraction of sp³-hybridized carbons (Fsp3) is 0.440. The Hall–Kier alpha value is -2.99. The monoisotopic (exact) mass is 577 g/mol. The number of rotatable bonds is 11. The van der Waals surface area contributed by atoms with Crippen molar-refractivity contribution < 1.29 is 35.9 Å². The van der Waals surface area contributed by atoms with Crippen molar-refractivity contribution in [2.45, 2.75) is 52.0 Å². The van der Waals surface area contributed by atoms with Crippen molar-refractivity contribution in [2.24, 2.45) is 0 Å². The minimum atomic E-state index is -4.77. The summed E-state index contributed by atoms with van der Waals surface area (Å²) in [6.45, 7) is 4.20. The van der Waals surface area contributed by atoms with Gasteiger partial charge in [0, 0.05) is 12.6 Å². The Labute approximate surface area is 225 Å². The molecule has 0 saturated carbocycles. The van der Waals surface area contributed by atoms with E-state index in [4.69, 9.17) is 16.3 Å². The van der Waals surface area contributed by atoms with Crippen molar-refractivity contribution in [1.29, 1.82) is 0 Å². The van der Waals surface area contributed by atoms with Gasteiger partial charge in [-0.05, 0) is 56.2 Å². The van der Waals surface area contributed by atoms with Crippen LogP contribution >= 0.6 is 11.6 Å². The number of hydrogen-bond acceptors (Lipinski definition) is 5. The van der Waals surface area contributed by atoms with Gasteiger partial charge in [-0.1, -0.05) is 30.7 Å². The molecule has 0 radical (unpaired) electrons. The van der Waals surface area contributed by atoms with E-state index in [-0.39, 0.29) is 17.6 Å². The van der Waals surface area contributed by atoms with Crippen molar-refractivity contribution in [3.63, 3.8) is 0 Å². The molecule has 2 atom stereocenters. The average Bonchev–Trinajstić information content (AvgIpc) is 2.84. The summed E-state index contributed by atoms with van der Waals surface area (Å²) in [6.07, 6.45) is -3.37. The third-order valence-electron chi connectivity index (χ3n) is 5.90. The van der Waals surface area contributed by atoms with Crippen LogP contribution in [0.1, 0.15) is 38.3 Å². The second-order valence-corrected chi connectivity index (χ2v) is 11.1. The molecule has 1 N–H and O–H groups in total. The summed E-state index contributed by atoms with van der Waals surface area (Å²) in [6, 6.07) is 7.66. The molecule has 0 aliphatic heterocycles. The average molecular weight is 578 g/mol. The van der Waals surface area contributed by atoms with E-state index in [2.05, 4.69) is 5.32 Å². The number of methoxy groups -OCH3 is 1. The largest absolute Gasteiger partial charge is 0.497 e. The lowest BCUT2D eigenvalue weighted by Crippen LogP contribution is -2.52. The van der Waals surface area contributed by atoms with E-state index < -0.39 is 51.9 Å². The van der Waals surface area contributed by atoms with Crippen LogP contribution in [0, 0.1) is 0 Å². The Balaban J connectivity index is 2.49. The van der Waals surface area contributed by atoms with Gasteiger partial charge in [0.25, 0.3) is 0 Å². The number of nitrogens with zero attached hydrogens (tertiary/aromatic N) is 2. The molecule has 38 heavy (non-hydrogen) atoms. The molecule has 2 aromatic carbocycles. The number of anilines is 1. The van der Waals surface area contributed by atoms with Crippen LogP contribution in [0.3, 0.4) is 0 Å². The molecule has 2 rings (SSSR count). The van der Waals surface area contributed by atoms with E-state index in [0.29, 0.717) is 34.2 Å². The highest BCUT2D eigenvalue weighted by Crippen LogP contribution is 2.36. The first-order valence-corrected chi connectivity index (χ1v) is 13.9. The highest BCUT2D eigenvalue weighted by molar-refractivity contribution is 7.92. The Morgan fingerprint density at radius 2 is 1.71 bits per heavy atom.